The molecule has 1 aromatic rings. The first-order chi connectivity index (χ1) is 11.7. The van der Waals surface area contributed by atoms with Crippen LogP contribution in [0.5, 0.6) is 5.88 Å². The molecule has 0 amide bonds. The Kier molecular flexibility index (Phi) is 11.2. The first kappa shape index (κ1) is 22.2. The number of aliphatic imine (C=N–C) groups is 1. The number of halogens is 2. The van der Waals surface area contributed by atoms with Crippen molar-refractivity contribution in [2.24, 2.45) is 10.9 Å². The summed E-state index contributed by atoms with van der Waals surface area (Å²) in [5.74, 6) is 2.09. The van der Waals surface area contributed by atoms with E-state index in [9.17, 15) is 0 Å². The van der Waals surface area contributed by atoms with Gasteiger partial charge >= 0.3 is 0 Å². The maximum absolute atomic E-state index is 6.01. The van der Waals surface area contributed by atoms with E-state index in [0.717, 1.165) is 38.2 Å². The fraction of sp³-hybridized carbons (Fsp3) is 0.647. The standard InChI is InChI=1S/C17H27ClN4O2.HI/c1-3-19-17(22(2)10-12-23-13-14-6-7-14)21-9-11-24-16-15(18)5-4-8-20-16;/h4-5,8,14H,3,6-7,9-13H2,1-2H3,(H,19,21);1H. The van der Waals surface area contributed by atoms with Crippen molar-refractivity contribution < 1.29 is 9.47 Å². The molecule has 1 aliphatic rings. The van der Waals surface area contributed by atoms with Gasteiger partial charge in [0.15, 0.2) is 5.96 Å². The lowest BCUT2D eigenvalue weighted by atomic mass is 10.5. The van der Waals surface area contributed by atoms with Crippen LogP contribution in [0.15, 0.2) is 23.3 Å². The third-order valence-electron chi connectivity index (χ3n) is 3.63. The molecule has 1 aromatic heterocycles. The fourth-order valence-corrected chi connectivity index (χ4v) is 2.26. The van der Waals surface area contributed by atoms with Crippen LogP contribution in [0.2, 0.25) is 5.02 Å². The van der Waals surface area contributed by atoms with Crippen LogP contribution in [0, 0.1) is 5.92 Å². The Hall–Kier alpha value is -0.800. The molecule has 2 rings (SSSR count). The summed E-state index contributed by atoms with van der Waals surface area (Å²) in [5.41, 5.74) is 0. The summed E-state index contributed by atoms with van der Waals surface area (Å²) in [7, 11) is 2.01. The van der Waals surface area contributed by atoms with E-state index in [4.69, 9.17) is 21.1 Å². The minimum Gasteiger partial charge on any atom is -0.475 e. The van der Waals surface area contributed by atoms with Gasteiger partial charge in [-0.05, 0) is 37.8 Å². The minimum absolute atomic E-state index is 0. The van der Waals surface area contributed by atoms with Crippen LogP contribution in [0.4, 0.5) is 0 Å². The van der Waals surface area contributed by atoms with Gasteiger partial charge in [-0.25, -0.2) is 9.98 Å². The molecule has 1 saturated carbocycles. The molecule has 8 heteroatoms. The molecule has 0 saturated heterocycles. The monoisotopic (exact) mass is 482 g/mol. The highest BCUT2D eigenvalue weighted by Gasteiger charge is 2.21. The third-order valence-corrected chi connectivity index (χ3v) is 3.92. The smallest absolute Gasteiger partial charge is 0.232 e. The molecule has 0 bridgehead atoms. The number of pyridine rings is 1. The second kappa shape index (κ2) is 12.5. The molecule has 6 nitrogen and oxygen atoms in total. The van der Waals surface area contributed by atoms with Crippen molar-refractivity contribution in [2.45, 2.75) is 19.8 Å². The Balaban J connectivity index is 0.00000312. The van der Waals surface area contributed by atoms with Gasteiger partial charge in [-0.2, -0.15) is 0 Å². The predicted octanol–water partition coefficient (Wildman–Crippen LogP) is 3.06. The Morgan fingerprint density at radius 1 is 1.44 bits per heavy atom. The van der Waals surface area contributed by atoms with Gasteiger partial charge in [0, 0.05) is 32.9 Å². The molecule has 0 aromatic carbocycles. The summed E-state index contributed by atoms with van der Waals surface area (Å²) in [6, 6.07) is 3.53. The van der Waals surface area contributed by atoms with Gasteiger partial charge < -0.3 is 19.7 Å². The largest absolute Gasteiger partial charge is 0.475 e. The predicted molar refractivity (Wildman–Crippen MR) is 112 cm³/mol. The second-order valence-corrected chi connectivity index (χ2v) is 6.22. The zero-order chi connectivity index (χ0) is 17.2. The summed E-state index contributed by atoms with van der Waals surface area (Å²) in [4.78, 5) is 10.7. The Morgan fingerprint density at radius 2 is 2.24 bits per heavy atom. The lowest BCUT2D eigenvalue weighted by Crippen LogP contribution is -2.40. The van der Waals surface area contributed by atoms with Gasteiger partial charge in [0.05, 0.1) is 13.2 Å². The van der Waals surface area contributed by atoms with Crippen molar-refractivity contribution in [1.82, 2.24) is 15.2 Å². The Morgan fingerprint density at radius 3 is 2.92 bits per heavy atom. The zero-order valence-electron chi connectivity index (χ0n) is 14.9. The van der Waals surface area contributed by atoms with Crippen LogP contribution in [0.3, 0.4) is 0 Å². The summed E-state index contributed by atoms with van der Waals surface area (Å²) >= 11 is 6.01. The molecule has 0 unspecified atom stereocenters. The number of guanidine groups is 1. The van der Waals surface area contributed by atoms with Crippen molar-refractivity contribution in [2.75, 3.05) is 46.5 Å². The highest BCUT2D eigenvalue weighted by molar-refractivity contribution is 14.0. The van der Waals surface area contributed by atoms with Gasteiger partial charge in [-0.3, -0.25) is 0 Å². The SMILES string of the molecule is CCNC(=NCCOc1ncccc1Cl)N(C)CCOCC1CC1.I. The van der Waals surface area contributed by atoms with Crippen molar-refractivity contribution >= 4 is 41.5 Å². The molecular formula is C17H28ClIN4O2. The topological polar surface area (TPSA) is 59.0 Å². The van der Waals surface area contributed by atoms with Crippen molar-refractivity contribution in [3.63, 3.8) is 0 Å². The molecule has 0 spiro atoms. The second-order valence-electron chi connectivity index (χ2n) is 5.81. The number of likely N-dealkylation sites (N-methyl/N-ethyl adjacent to an activating group) is 1. The number of nitrogens with one attached hydrogen (secondary N) is 1. The fourth-order valence-electron chi connectivity index (χ4n) is 2.08. The molecule has 142 valence electrons. The van der Waals surface area contributed by atoms with Crippen molar-refractivity contribution in [3.05, 3.63) is 23.4 Å². The van der Waals surface area contributed by atoms with Gasteiger partial charge in [0.1, 0.15) is 11.6 Å². The molecule has 25 heavy (non-hydrogen) atoms. The van der Waals surface area contributed by atoms with E-state index in [1.54, 1.807) is 18.3 Å². The first-order valence-corrected chi connectivity index (χ1v) is 8.89. The third kappa shape index (κ3) is 8.91. The van der Waals surface area contributed by atoms with Crippen LogP contribution in [-0.4, -0.2) is 62.3 Å². The summed E-state index contributed by atoms with van der Waals surface area (Å²) in [6.07, 6.45) is 4.30. The number of nitrogens with zero attached hydrogens (tertiary/aromatic N) is 3. The zero-order valence-corrected chi connectivity index (χ0v) is 18.0. The molecule has 1 N–H and O–H groups in total. The van der Waals surface area contributed by atoms with Crippen LogP contribution < -0.4 is 10.1 Å². The van der Waals surface area contributed by atoms with E-state index in [1.807, 2.05) is 7.05 Å². The highest BCUT2D eigenvalue weighted by atomic mass is 127. The minimum atomic E-state index is 0. The maximum Gasteiger partial charge on any atom is 0.232 e. The van der Waals surface area contributed by atoms with Crippen LogP contribution in [0.1, 0.15) is 19.8 Å². The quantitative estimate of drug-likeness (QED) is 0.240. The van der Waals surface area contributed by atoms with Crippen LogP contribution in [0.25, 0.3) is 0 Å². The Labute approximate surface area is 172 Å². The molecule has 1 aliphatic carbocycles. The van der Waals surface area contributed by atoms with Gasteiger partial charge in [0.25, 0.3) is 0 Å². The Bertz CT molecular complexity index is 529. The maximum atomic E-state index is 6.01. The van der Waals surface area contributed by atoms with Crippen LogP contribution >= 0.6 is 35.6 Å². The first-order valence-electron chi connectivity index (χ1n) is 8.51. The van der Waals surface area contributed by atoms with E-state index in [1.165, 1.54) is 12.8 Å². The molecule has 1 fully saturated rings. The summed E-state index contributed by atoms with van der Waals surface area (Å²) < 4.78 is 11.2. The van der Waals surface area contributed by atoms with Crippen molar-refractivity contribution in [3.8, 4) is 5.88 Å². The molecule has 0 atom stereocenters. The highest BCUT2D eigenvalue weighted by Crippen LogP contribution is 2.28. The van der Waals surface area contributed by atoms with Gasteiger partial charge in [0.2, 0.25) is 5.88 Å². The van der Waals surface area contributed by atoms with E-state index in [0.29, 0.717) is 24.1 Å². The lowest BCUT2D eigenvalue weighted by Gasteiger charge is -2.22. The van der Waals surface area contributed by atoms with Crippen molar-refractivity contribution in [1.29, 1.82) is 0 Å². The molecular weight excluding hydrogens is 455 g/mol. The summed E-state index contributed by atoms with van der Waals surface area (Å²) in [5, 5.41) is 3.79. The average Bonchev–Trinajstić information content (AvgIpc) is 3.40. The van der Waals surface area contributed by atoms with Crippen LogP contribution in [-0.2, 0) is 4.74 Å². The van der Waals surface area contributed by atoms with E-state index >= 15 is 0 Å². The van der Waals surface area contributed by atoms with Gasteiger partial charge in [-0.1, -0.05) is 11.6 Å². The summed E-state index contributed by atoms with van der Waals surface area (Å²) in [6.45, 7) is 6.25. The average molecular weight is 483 g/mol. The van der Waals surface area contributed by atoms with E-state index in [-0.39, 0.29) is 24.0 Å². The number of hydrogen-bond acceptors (Lipinski definition) is 4. The molecule has 0 radical (unpaired) electrons. The number of ether oxygens (including phenoxy) is 2. The molecule has 1 heterocycles. The number of aromatic nitrogens is 1. The lowest BCUT2D eigenvalue weighted by molar-refractivity contribution is 0.115. The molecule has 0 aliphatic heterocycles. The van der Waals surface area contributed by atoms with E-state index < -0.39 is 0 Å². The van der Waals surface area contributed by atoms with E-state index in [2.05, 4.69) is 27.1 Å². The normalized spacial score (nSPS) is 14.0. The number of hydrogen-bond donors (Lipinski definition) is 1. The van der Waals surface area contributed by atoms with Gasteiger partial charge in [-0.15, -0.1) is 24.0 Å². The number of rotatable bonds is 10.